The normalized spacial score (nSPS) is 20.2. The summed E-state index contributed by atoms with van der Waals surface area (Å²) in [5.74, 6) is -1.29. The second-order valence-electron chi connectivity index (χ2n) is 5.76. The number of carboxylic acids is 1. The summed E-state index contributed by atoms with van der Waals surface area (Å²) in [7, 11) is 2.03. The van der Waals surface area contributed by atoms with E-state index in [2.05, 4.69) is 25.7 Å². The molecular formula is C15H20BrFN2O2. The largest absolute Gasteiger partial charge is 0.481 e. The van der Waals surface area contributed by atoms with Crippen molar-refractivity contribution in [1.82, 2.24) is 9.80 Å². The number of likely N-dealkylation sites (N-methyl/N-ethyl adjacent to an activating group) is 1. The summed E-state index contributed by atoms with van der Waals surface area (Å²) in [5, 5.41) is 9.27. The smallest absolute Gasteiger partial charge is 0.305 e. The standard InChI is InChI=1S/C15H20BrFN2O2/c1-15(10-14(20)21,19-7-5-18(2)6-8-19)12-4-3-11(16)9-13(12)17/h3-4,9H,5-8,10H2,1-2H3,(H,20,21). The van der Waals surface area contributed by atoms with E-state index in [0.29, 0.717) is 10.0 Å². The second kappa shape index (κ2) is 6.42. The number of aliphatic carboxylic acids is 1. The van der Waals surface area contributed by atoms with Gasteiger partial charge < -0.3 is 10.0 Å². The van der Waals surface area contributed by atoms with E-state index in [1.54, 1.807) is 12.1 Å². The SMILES string of the molecule is CN1CCN(C(C)(CC(=O)O)c2ccc(Br)cc2F)CC1. The molecule has 1 aromatic rings. The predicted octanol–water partition coefficient (Wildman–Crippen LogP) is 2.53. The zero-order chi connectivity index (χ0) is 15.6. The molecular weight excluding hydrogens is 339 g/mol. The number of nitrogens with zero attached hydrogens (tertiary/aromatic N) is 2. The van der Waals surface area contributed by atoms with Crippen LogP contribution in [0.4, 0.5) is 4.39 Å². The Morgan fingerprint density at radius 2 is 2.00 bits per heavy atom. The first kappa shape index (κ1) is 16.4. The van der Waals surface area contributed by atoms with Crippen molar-refractivity contribution in [3.8, 4) is 0 Å². The van der Waals surface area contributed by atoms with Gasteiger partial charge in [-0.05, 0) is 26.1 Å². The van der Waals surface area contributed by atoms with Gasteiger partial charge in [0, 0.05) is 36.2 Å². The van der Waals surface area contributed by atoms with Gasteiger partial charge in [-0.1, -0.05) is 22.0 Å². The van der Waals surface area contributed by atoms with Crippen molar-refractivity contribution in [3.63, 3.8) is 0 Å². The molecule has 0 radical (unpaired) electrons. The van der Waals surface area contributed by atoms with E-state index in [4.69, 9.17) is 0 Å². The topological polar surface area (TPSA) is 43.8 Å². The average Bonchev–Trinajstić information content (AvgIpc) is 2.38. The molecule has 1 N–H and O–H groups in total. The second-order valence-corrected chi connectivity index (χ2v) is 6.67. The first-order valence-electron chi connectivity index (χ1n) is 6.94. The van der Waals surface area contributed by atoms with E-state index in [9.17, 15) is 14.3 Å². The number of rotatable bonds is 4. The molecule has 1 aromatic carbocycles. The average molecular weight is 359 g/mol. The molecule has 4 nitrogen and oxygen atoms in total. The van der Waals surface area contributed by atoms with Gasteiger partial charge in [0.25, 0.3) is 0 Å². The van der Waals surface area contributed by atoms with Crippen molar-refractivity contribution in [3.05, 3.63) is 34.1 Å². The molecule has 1 saturated heterocycles. The highest BCUT2D eigenvalue weighted by Crippen LogP contribution is 2.35. The van der Waals surface area contributed by atoms with Crippen LogP contribution in [-0.2, 0) is 10.3 Å². The third kappa shape index (κ3) is 3.62. The molecule has 116 valence electrons. The van der Waals surface area contributed by atoms with Gasteiger partial charge in [-0.3, -0.25) is 9.69 Å². The lowest BCUT2D eigenvalue weighted by molar-refractivity contribution is -0.141. The summed E-state index contributed by atoms with van der Waals surface area (Å²) in [6.07, 6.45) is -0.116. The zero-order valence-electron chi connectivity index (χ0n) is 12.3. The van der Waals surface area contributed by atoms with E-state index in [1.165, 1.54) is 6.07 Å². The van der Waals surface area contributed by atoms with Gasteiger partial charge in [-0.2, -0.15) is 0 Å². The van der Waals surface area contributed by atoms with E-state index in [1.807, 2.05) is 14.0 Å². The molecule has 1 unspecified atom stereocenters. The first-order valence-corrected chi connectivity index (χ1v) is 7.73. The lowest BCUT2D eigenvalue weighted by atomic mass is 9.85. The van der Waals surface area contributed by atoms with Crippen LogP contribution in [0, 0.1) is 5.82 Å². The Labute approximate surface area is 132 Å². The summed E-state index contributed by atoms with van der Waals surface area (Å²) in [6.45, 7) is 4.99. The van der Waals surface area contributed by atoms with Gasteiger partial charge in [0.1, 0.15) is 5.82 Å². The van der Waals surface area contributed by atoms with Gasteiger partial charge in [-0.15, -0.1) is 0 Å². The highest BCUT2D eigenvalue weighted by Gasteiger charge is 2.39. The van der Waals surface area contributed by atoms with Gasteiger partial charge in [0.15, 0.2) is 0 Å². The van der Waals surface area contributed by atoms with Crippen molar-refractivity contribution in [2.75, 3.05) is 33.2 Å². The molecule has 6 heteroatoms. The molecule has 1 aliphatic heterocycles. The number of hydrogen-bond donors (Lipinski definition) is 1. The van der Waals surface area contributed by atoms with E-state index < -0.39 is 11.5 Å². The molecule has 1 fully saturated rings. The highest BCUT2D eigenvalue weighted by atomic mass is 79.9. The summed E-state index contributed by atoms with van der Waals surface area (Å²) in [4.78, 5) is 15.6. The minimum Gasteiger partial charge on any atom is -0.481 e. The van der Waals surface area contributed by atoms with Crippen molar-refractivity contribution >= 4 is 21.9 Å². The Balaban J connectivity index is 2.38. The van der Waals surface area contributed by atoms with Crippen molar-refractivity contribution in [2.24, 2.45) is 0 Å². The molecule has 1 atom stereocenters. The molecule has 1 heterocycles. The van der Waals surface area contributed by atoms with Crippen LogP contribution < -0.4 is 0 Å². The summed E-state index contributed by atoms with van der Waals surface area (Å²) < 4.78 is 15.0. The molecule has 0 aliphatic carbocycles. The maximum atomic E-state index is 14.4. The minimum absolute atomic E-state index is 0.116. The monoisotopic (exact) mass is 358 g/mol. The van der Waals surface area contributed by atoms with Gasteiger partial charge in [0.2, 0.25) is 0 Å². The summed E-state index contributed by atoms with van der Waals surface area (Å²) >= 11 is 3.24. The molecule has 1 aliphatic rings. The Morgan fingerprint density at radius 1 is 1.38 bits per heavy atom. The number of carbonyl (C=O) groups is 1. The van der Waals surface area contributed by atoms with Gasteiger partial charge in [-0.25, -0.2) is 4.39 Å². The van der Waals surface area contributed by atoms with Crippen LogP contribution in [0.3, 0.4) is 0 Å². The maximum Gasteiger partial charge on any atom is 0.305 e. The molecule has 2 rings (SSSR count). The third-order valence-electron chi connectivity index (χ3n) is 4.21. The van der Waals surface area contributed by atoms with Crippen LogP contribution in [0.5, 0.6) is 0 Å². The number of halogens is 2. The Kier molecular flexibility index (Phi) is 5.01. The van der Waals surface area contributed by atoms with Crippen molar-refractivity contribution in [1.29, 1.82) is 0 Å². The van der Waals surface area contributed by atoms with Crippen molar-refractivity contribution < 1.29 is 14.3 Å². The zero-order valence-corrected chi connectivity index (χ0v) is 13.9. The summed E-state index contributed by atoms with van der Waals surface area (Å²) in [6, 6.07) is 4.83. The van der Waals surface area contributed by atoms with Crippen LogP contribution in [0.15, 0.2) is 22.7 Å². The Morgan fingerprint density at radius 3 is 2.52 bits per heavy atom. The predicted molar refractivity (Wildman–Crippen MR) is 82.8 cm³/mol. The van der Waals surface area contributed by atoms with Crippen LogP contribution in [0.25, 0.3) is 0 Å². The molecule has 0 bridgehead atoms. The lowest BCUT2D eigenvalue weighted by Gasteiger charge is -2.45. The Hall–Kier alpha value is -0.980. The third-order valence-corrected chi connectivity index (χ3v) is 4.70. The fourth-order valence-corrected chi connectivity index (χ4v) is 3.23. The van der Waals surface area contributed by atoms with Crippen LogP contribution >= 0.6 is 15.9 Å². The quantitative estimate of drug-likeness (QED) is 0.897. The fourth-order valence-electron chi connectivity index (χ4n) is 2.90. The summed E-state index contributed by atoms with van der Waals surface area (Å²) in [5.41, 5.74) is -0.393. The van der Waals surface area contributed by atoms with Gasteiger partial charge >= 0.3 is 5.97 Å². The minimum atomic E-state index is -0.918. The number of hydrogen-bond acceptors (Lipinski definition) is 3. The van der Waals surface area contributed by atoms with Crippen LogP contribution in [0.2, 0.25) is 0 Å². The molecule has 21 heavy (non-hydrogen) atoms. The van der Waals surface area contributed by atoms with Crippen molar-refractivity contribution in [2.45, 2.75) is 18.9 Å². The molecule has 0 saturated carbocycles. The van der Waals surface area contributed by atoms with Crippen LogP contribution in [0.1, 0.15) is 18.9 Å². The van der Waals surface area contributed by atoms with Crippen LogP contribution in [-0.4, -0.2) is 54.1 Å². The van der Waals surface area contributed by atoms with Gasteiger partial charge in [0.05, 0.1) is 12.0 Å². The maximum absolute atomic E-state index is 14.4. The lowest BCUT2D eigenvalue weighted by Crippen LogP contribution is -2.54. The fraction of sp³-hybridized carbons (Fsp3) is 0.533. The van der Waals surface area contributed by atoms with E-state index in [-0.39, 0.29) is 12.2 Å². The molecule has 0 aromatic heterocycles. The number of carboxylic acid groups (broad SMARTS) is 1. The van der Waals surface area contributed by atoms with E-state index >= 15 is 0 Å². The molecule has 0 spiro atoms. The number of piperazine rings is 1. The molecule has 0 amide bonds. The first-order chi connectivity index (χ1) is 9.83. The number of benzene rings is 1. The highest BCUT2D eigenvalue weighted by molar-refractivity contribution is 9.10. The van der Waals surface area contributed by atoms with E-state index in [0.717, 1.165) is 26.2 Å². The Bertz CT molecular complexity index is 532.